The number of nitrogens with one attached hydrogen (secondary N) is 1. The number of hydrogen-bond acceptors (Lipinski definition) is 3. The van der Waals surface area contributed by atoms with Crippen molar-refractivity contribution < 1.29 is 6.85 Å². The summed E-state index contributed by atoms with van der Waals surface area (Å²) in [4.78, 5) is 8.64. The molecule has 1 saturated carbocycles. The number of aromatic nitrogens is 2. The fourth-order valence-corrected chi connectivity index (χ4v) is 1.66. The molecule has 0 unspecified atom stereocenters. The summed E-state index contributed by atoms with van der Waals surface area (Å²) >= 11 is 0. The highest BCUT2D eigenvalue weighted by Gasteiger charge is 2.25. The summed E-state index contributed by atoms with van der Waals surface area (Å²) in [5.41, 5.74) is 1.72. The van der Waals surface area contributed by atoms with Crippen molar-refractivity contribution in [3.8, 4) is 0 Å². The normalized spacial score (nSPS) is 18.8. The molecule has 86 valence electrons. The van der Waals surface area contributed by atoms with Gasteiger partial charge >= 0.3 is 0 Å². The maximum atomic E-state index is 7.90. The van der Waals surface area contributed by atoms with E-state index in [9.17, 15) is 0 Å². The van der Waals surface area contributed by atoms with Crippen LogP contribution in [0.2, 0.25) is 0 Å². The zero-order valence-corrected chi connectivity index (χ0v) is 9.46. The molecule has 1 heterocycles. The molecule has 2 aromatic rings. The fourth-order valence-electron chi connectivity index (χ4n) is 1.66. The molecule has 3 heteroatoms. The smallest absolute Gasteiger partial charge is 0.227 e. The molecule has 1 aliphatic rings. The maximum absolute atomic E-state index is 7.90. The van der Waals surface area contributed by atoms with Crippen LogP contribution in [0.4, 0.5) is 11.6 Å². The SMILES string of the molecule is [2H]c1c([2H])c([2H])c(Nc2nc(C)cc(C3CC3)n2)c([2H])c1[2H]. The van der Waals surface area contributed by atoms with Crippen LogP contribution in [0, 0.1) is 6.92 Å². The van der Waals surface area contributed by atoms with Crippen LogP contribution in [0.15, 0.2) is 36.3 Å². The van der Waals surface area contributed by atoms with Crippen molar-refractivity contribution in [2.75, 3.05) is 5.32 Å². The molecule has 0 aliphatic heterocycles. The molecular weight excluding hydrogens is 210 g/mol. The minimum Gasteiger partial charge on any atom is -0.324 e. The summed E-state index contributed by atoms with van der Waals surface area (Å²) in [6, 6.07) is 0.180. The van der Waals surface area contributed by atoms with Gasteiger partial charge in [0.2, 0.25) is 5.95 Å². The summed E-state index contributed by atoms with van der Waals surface area (Å²) in [5.74, 6) is 0.711. The lowest BCUT2D eigenvalue weighted by Crippen LogP contribution is -2.01. The Labute approximate surface area is 108 Å². The monoisotopic (exact) mass is 230 g/mol. The number of aryl methyl sites for hydroxylation is 1. The number of para-hydroxylation sites is 1. The Bertz CT molecular complexity index is 730. The lowest BCUT2D eigenvalue weighted by atomic mass is 10.2. The third-order valence-corrected chi connectivity index (χ3v) is 2.61. The van der Waals surface area contributed by atoms with Crippen LogP contribution in [-0.2, 0) is 0 Å². The third kappa shape index (κ3) is 2.44. The summed E-state index contributed by atoms with van der Waals surface area (Å²) in [6.45, 7) is 1.85. The van der Waals surface area contributed by atoms with E-state index < -0.39 is 6.04 Å². The second-order valence-electron chi connectivity index (χ2n) is 4.16. The van der Waals surface area contributed by atoms with Gasteiger partial charge in [0.1, 0.15) is 0 Å². The van der Waals surface area contributed by atoms with Crippen molar-refractivity contribution >= 4 is 11.6 Å². The Morgan fingerprint density at radius 1 is 1.24 bits per heavy atom. The van der Waals surface area contributed by atoms with Crippen molar-refractivity contribution in [2.24, 2.45) is 0 Å². The van der Waals surface area contributed by atoms with Crippen LogP contribution in [0.1, 0.15) is 37.0 Å². The molecular formula is C14H15N3. The average Bonchev–Trinajstić information content (AvgIpc) is 3.32. The third-order valence-electron chi connectivity index (χ3n) is 2.61. The van der Waals surface area contributed by atoms with E-state index in [4.69, 9.17) is 6.85 Å². The summed E-state index contributed by atoms with van der Waals surface area (Å²) < 4.78 is 38.7. The molecule has 1 aromatic heterocycles. The van der Waals surface area contributed by atoms with Crippen molar-refractivity contribution in [3.05, 3.63) is 47.7 Å². The highest BCUT2D eigenvalue weighted by molar-refractivity contribution is 5.53. The van der Waals surface area contributed by atoms with Gasteiger partial charge in [-0.25, -0.2) is 9.97 Å². The van der Waals surface area contributed by atoms with E-state index in [1.54, 1.807) is 0 Å². The number of rotatable bonds is 3. The van der Waals surface area contributed by atoms with Crippen LogP contribution in [-0.4, -0.2) is 9.97 Å². The van der Waals surface area contributed by atoms with Gasteiger partial charge in [0, 0.05) is 23.0 Å². The zero-order chi connectivity index (χ0) is 16.0. The Morgan fingerprint density at radius 2 is 2.00 bits per heavy atom. The topological polar surface area (TPSA) is 37.8 Å². The number of anilines is 2. The molecule has 1 aliphatic carbocycles. The first kappa shape index (κ1) is 6.15. The molecule has 1 aromatic carbocycles. The van der Waals surface area contributed by atoms with Crippen LogP contribution in [0.5, 0.6) is 0 Å². The first-order valence-electron chi connectivity index (χ1n) is 8.08. The van der Waals surface area contributed by atoms with Gasteiger partial charge in [0.15, 0.2) is 0 Å². The average molecular weight is 230 g/mol. The van der Waals surface area contributed by atoms with Crippen LogP contribution in [0.25, 0.3) is 0 Å². The Morgan fingerprint density at radius 3 is 2.71 bits per heavy atom. The number of benzene rings is 1. The number of hydrogen-bond donors (Lipinski definition) is 1. The quantitative estimate of drug-likeness (QED) is 0.878. The standard InChI is InChI=1S/C14H15N3/c1-10-9-13(11-7-8-11)17-14(15-10)16-12-5-3-2-4-6-12/h2-6,9,11H,7-8H2,1H3,(H,15,16,17)/i2D,3D,4D,5D,6D. The molecule has 1 N–H and O–H groups in total. The minimum absolute atomic E-state index is 0.00153. The molecule has 3 nitrogen and oxygen atoms in total. The molecule has 3 rings (SSSR count). The van der Waals surface area contributed by atoms with Gasteiger partial charge in [-0.2, -0.15) is 0 Å². The fraction of sp³-hybridized carbons (Fsp3) is 0.286. The van der Waals surface area contributed by atoms with E-state index in [0.717, 1.165) is 24.2 Å². The van der Waals surface area contributed by atoms with Crippen molar-refractivity contribution in [2.45, 2.75) is 25.7 Å². The molecule has 0 saturated heterocycles. The van der Waals surface area contributed by atoms with E-state index >= 15 is 0 Å². The van der Waals surface area contributed by atoms with Crippen LogP contribution < -0.4 is 5.32 Å². The predicted molar refractivity (Wildman–Crippen MR) is 68.5 cm³/mol. The molecule has 0 bridgehead atoms. The van der Waals surface area contributed by atoms with Crippen LogP contribution >= 0.6 is 0 Å². The second kappa shape index (κ2) is 4.17. The maximum Gasteiger partial charge on any atom is 0.227 e. The van der Waals surface area contributed by atoms with Gasteiger partial charge in [0.05, 0.1) is 6.85 Å². The first-order chi connectivity index (χ1) is 10.4. The van der Waals surface area contributed by atoms with Gasteiger partial charge in [-0.15, -0.1) is 0 Å². The second-order valence-corrected chi connectivity index (χ2v) is 4.16. The first-order valence-corrected chi connectivity index (χ1v) is 5.58. The molecule has 17 heavy (non-hydrogen) atoms. The Hall–Kier alpha value is -1.90. The van der Waals surface area contributed by atoms with E-state index in [-0.39, 0.29) is 35.8 Å². The molecule has 0 atom stereocenters. The number of nitrogens with zero attached hydrogens (tertiary/aromatic N) is 2. The molecule has 0 spiro atoms. The van der Waals surface area contributed by atoms with E-state index in [1.807, 2.05) is 13.0 Å². The summed E-state index contributed by atoms with van der Waals surface area (Å²) in [5, 5.41) is 2.79. The van der Waals surface area contributed by atoms with E-state index in [0.29, 0.717) is 5.92 Å². The Kier molecular flexibility index (Phi) is 1.51. The minimum atomic E-state index is -0.413. The molecule has 0 radical (unpaired) electrons. The highest BCUT2D eigenvalue weighted by Crippen LogP contribution is 2.39. The Balaban J connectivity index is 2.03. The molecule has 1 fully saturated rings. The van der Waals surface area contributed by atoms with Crippen molar-refractivity contribution in [1.29, 1.82) is 0 Å². The lowest BCUT2D eigenvalue weighted by molar-refractivity contribution is 0.972. The summed E-state index contributed by atoms with van der Waals surface area (Å²) in [6.07, 6.45) is 2.20. The van der Waals surface area contributed by atoms with Crippen molar-refractivity contribution in [3.63, 3.8) is 0 Å². The van der Waals surface area contributed by atoms with Crippen molar-refractivity contribution in [1.82, 2.24) is 9.97 Å². The van der Waals surface area contributed by atoms with Gasteiger partial charge < -0.3 is 5.32 Å². The highest BCUT2D eigenvalue weighted by atomic mass is 15.1. The predicted octanol–water partition coefficient (Wildman–Crippen LogP) is 3.41. The zero-order valence-electron chi connectivity index (χ0n) is 14.5. The largest absolute Gasteiger partial charge is 0.324 e. The van der Waals surface area contributed by atoms with E-state index in [1.165, 1.54) is 0 Å². The van der Waals surface area contributed by atoms with Gasteiger partial charge in [-0.05, 0) is 37.9 Å². The van der Waals surface area contributed by atoms with Gasteiger partial charge in [-0.3, -0.25) is 0 Å². The van der Waals surface area contributed by atoms with Gasteiger partial charge in [-0.1, -0.05) is 18.1 Å². The van der Waals surface area contributed by atoms with E-state index in [2.05, 4.69) is 15.3 Å². The molecule has 0 amide bonds. The van der Waals surface area contributed by atoms with Gasteiger partial charge in [0.25, 0.3) is 0 Å². The summed E-state index contributed by atoms with van der Waals surface area (Å²) in [7, 11) is 0. The lowest BCUT2D eigenvalue weighted by Gasteiger charge is -2.07. The van der Waals surface area contributed by atoms with Crippen LogP contribution in [0.3, 0.4) is 0 Å².